The molecule has 1 heterocycles. The maximum absolute atomic E-state index is 3.90. The summed E-state index contributed by atoms with van der Waals surface area (Å²) in [6.07, 6.45) is 13.2. The van der Waals surface area contributed by atoms with Crippen molar-refractivity contribution in [1.29, 1.82) is 0 Å². The third kappa shape index (κ3) is 3.98. The second-order valence-electron chi connectivity index (χ2n) is 7.78. The van der Waals surface area contributed by atoms with Gasteiger partial charge < -0.3 is 10.2 Å². The fourth-order valence-electron chi connectivity index (χ4n) is 4.48. The van der Waals surface area contributed by atoms with E-state index < -0.39 is 0 Å². The molecule has 1 saturated heterocycles. The summed E-state index contributed by atoms with van der Waals surface area (Å²) in [5.74, 6) is 2.95. The van der Waals surface area contributed by atoms with Crippen molar-refractivity contribution in [3.8, 4) is 0 Å². The summed E-state index contributed by atoms with van der Waals surface area (Å²) in [6, 6.07) is 0.774. The molecule has 3 aliphatic rings. The van der Waals surface area contributed by atoms with E-state index >= 15 is 0 Å². The quantitative estimate of drug-likeness (QED) is 0.797. The van der Waals surface area contributed by atoms with Crippen LogP contribution in [0, 0.1) is 17.8 Å². The number of nitrogens with zero attached hydrogens (tertiary/aromatic N) is 1. The second-order valence-corrected chi connectivity index (χ2v) is 7.78. The lowest BCUT2D eigenvalue weighted by Crippen LogP contribution is -2.51. The zero-order valence-corrected chi connectivity index (χ0v) is 13.4. The van der Waals surface area contributed by atoms with E-state index in [4.69, 9.17) is 0 Å². The first kappa shape index (κ1) is 14.8. The highest BCUT2D eigenvalue weighted by atomic mass is 15.2. The average molecular weight is 278 g/mol. The van der Waals surface area contributed by atoms with Crippen LogP contribution in [-0.4, -0.2) is 37.1 Å². The monoisotopic (exact) mass is 278 g/mol. The van der Waals surface area contributed by atoms with Crippen LogP contribution in [-0.2, 0) is 0 Å². The van der Waals surface area contributed by atoms with E-state index in [1.807, 2.05) is 0 Å². The number of hydrogen-bond acceptors (Lipinski definition) is 2. The van der Waals surface area contributed by atoms with Gasteiger partial charge >= 0.3 is 0 Å². The van der Waals surface area contributed by atoms with Gasteiger partial charge in [-0.25, -0.2) is 0 Å². The third-order valence-corrected chi connectivity index (χ3v) is 6.10. The van der Waals surface area contributed by atoms with Crippen molar-refractivity contribution in [2.75, 3.05) is 26.2 Å². The molecule has 0 amide bonds. The molecule has 0 bridgehead atoms. The van der Waals surface area contributed by atoms with Gasteiger partial charge in [0.25, 0.3) is 0 Å². The van der Waals surface area contributed by atoms with E-state index in [9.17, 15) is 0 Å². The first-order chi connectivity index (χ1) is 9.83. The summed E-state index contributed by atoms with van der Waals surface area (Å²) in [6.45, 7) is 7.75. The van der Waals surface area contributed by atoms with Crippen LogP contribution < -0.4 is 5.32 Å². The number of nitrogens with one attached hydrogen (secondary N) is 1. The van der Waals surface area contributed by atoms with Crippen LogP contribution in [0.25, 0.3) is 0 Å². The Morgan fingerprint density at radius 1 is 0.900 bits per heavy atom. The van der Waals surface area contributed by atoms with E-state index in [1.54, 1.807) is 0 Å². The first-order valence-electron chi connectivity index (χ1n) is 9.29. The van der Waals surface area contributed by atoms with Crippen molar-refractivity contribution in [2.45, 2.75) is 70.8 Å². The van der Waals surface area contributed by atoms with E-state index in [2.05, 4.69) is 17.1 Å². The zero-order valence-electron chi connectivity index (χ0n) is 13.4. The van der Waals surface area contributed by atoms with Crippen LogP contribution >= 0.6 is 0 Å². The molecule has 3 rings (SSSR count). The van der Waals surface area contributed by atoms with E-state index in [0.717, 1.165) is 23.8 Å². The van der Waals surface area contributed by atoms with E-state index in [-0.39, 0.29) is 0 Å². The van der Waals surface area contributed by atoms with Crippen LogP contribution in [0.5, 0.6) is 0 Å². The molecule has 3 fully saturated rings. The fraction of sp³-hybridized carbons (Fsp3) is 1.00. The van der Waals surface area contributed by atoms with Gasteiger partial charge in [0, 0.05) is 25.7 Å². The van der Waals surface area contributed by atoms with Crippen LogP contribution in [0.2, 0.25) is 0 Å². The van der Waals surface area contributed by atoms with Crippen LogP contribution in [0.1, 0.15) is 64.7 Å². The summed E-state index contributed by atoms with van der Waals surface area (Å²) in [5.41, 5.74) is 0. The van der Waals surface area contributed by atoms with Gasteiger partial charge in [-0.1, -0.05) is 32.6 Å². The summed E-state index contributed by atoms with van der Waals surface area (Å²) in [7, 11) is 0. The van der Waals surface area contributed by atoms with Crippen molar-refractivity contribution in [3.05, 3.63) is 0 Å². The van der Waals surface area contributed by atoms with Crippen molar-refractivity contribution in [2.24, 2.45) is 17.8 Å². The molecule has 0 aromatic rings. The molecule has 2 unspecified atom stereocenters. The Balaban J connectivity index is 1.45. The van der Waals surface area contributed by atoms with Gasteiger partial charge in [0.1, 0.15) is 0 Å². The molecular weight excluding hydrogens is 244 g/mol. The molecular formula is C18H34N2. The van der Waals surface area contributed by atoms with Crippen molar-refractivity contribution in [1.82, 2.24) is 10.2 Å². The zero-order chi connectivity index (χ0) is 13.8. The Hall–Kier alpha value is -0.0800. The third-order valence-electron chi connectivity index (χ3n) is 6.10. The lowest BCUT2D eigenvalue weighted by atomic mass is 9.84. The normalized spacial score (nSPS) is 33.5. The Morgan fingerprint density at radius 2 is 1.65 bits per heavy atom. The van der Waals surface area contributed by atoms with E-state index in [0.29, 0.717) is 0 Å². The van der Waals surface area contributed by atoms with Crippen molar-refractivity contribution in [3.63, 3.8) is 0 Å². The molecule has 0 radical (unpaired) electrons. The fourth-order valence-corrected chi connectivity index (χ4v) is 4.48. The standard InChI is InChI=1S/C18H34N2/c1-2-15-10-18(19-11-16-8-5-9-16)14-20(12-15)13-17-6-3-4-7-17/h15-19H,2-14H2,1H3. The Morgan fingerprint density at radius 3 is 2.30 bits per heavy atom. The number of hydrogen-bond donors (Lipinski definition) is 1. The Kier molecular flexibility index (Phi) is 5.39. The minimum atomic E-state index is 0.774. The largest absolute Gasteiger partial charge is 0.312 e. The lowest BCUT2D eigenvalue weighted by molar-refractivity contribution is 0.116. The van der Waals surface area contributed by atoms with Crippen LogP contribution in [0.15, 0.2) is 0 Å². The molecule has 0 aromatic heterocycles. The maximum atomic E-state index is 3.90. The molecule has 116 valence electrons. The van der Waals surface area contributed by atoms with Crippen molar-refractivity contribution >= 4 is 0 Å². The molecule has 2 saturated carbocycles. The average Bonchev–Trinajstić information content (AvgIpc) is 2.89. The van der Waals surface area contributed by atoms with Gasteiger partial charge in [0.2, 0.25) is 0 Å². The molecule has 20 heavy (non-hydrogen) atoms. The van der Waals surface area contributed by atoms with Crippen LogP contribution in [0.4, 0.5) is 0 Å². The Labute approximate surface area is 125 Å². The highest BCUT2D eigenvalue weighted by Crippen LogP contribution is 2.29. The highest BCUT2D eigenvalue weighted by Gasteiger charge is 2.29. The number of piperidine rings is 1. The molecule has 1 aliphatic heterocycles. The lowest BCUT2D eigenvalue weighted by Gasteiger charge is -2.40. The molecule has 0 aromatic carbocycles. The van der Waals surface area contributed by atoms with Gasteiger partial charge in [0.15, 0.2) is 0 Å². The predicted octanol–water partition coefficient (Wildman–Crippen LogP) is 3.67. The minimum absolute atomic E-state index is 0.774. The summed E-state index contributed by atoms with van der Waals surface area (Å²) in [5, 5.41) is 3.90. The van der Waals surface area contributed by atoms with Gasteiger partial charge in [-0.05, 0) is 56.4 Å². The molecule has 2 nitrogen and oxygen atoms in total. The molecule has 1 N–H and O–H groups in total. The van der Waals surface area contributed by atoms with Gasteiger partial charge in [0.05, 0.1) is 0 Å². The molecule has 0 spiro atoms. The summed E-state index contributed by atoms with van der Waals surface area (Å²) >= 11 is 0. The SMILES string of the molecule is CCC1CC(NCC2CCC2)CN(CC2CCCC2)C1. The van der Waals surface area contributed by atoms with E-state index in [1.165, 1.54) is 84.0 Å². The summed E-state index contributed by atoms with van der Waals surface area (Å²) in [4.78, 5) is 2.80. The predicted molar refractivity (Wildman–Crippen MR) is 85.9 cm³/mol. The van der Waals surface area contributed by atoms with Crippen LogP contribution in [0.3, 0.4) is 0 Å². The molecule has 2 aliphatic carbocycles. The summed E-state index contributed by atoms with van der Waals surface area (Å²) < 4.78 is 0. The number of likely N-dealkylation sites (tertiary alicyclic amines) is 1. The van der Waals surface area contributed by atoms with Gasteiger partial charge in [-0.2, -0.15) is 0 Å². The highest BCUT2D eigenvalue weighted by molar-refractivity contribution is 4.86. The van der Waals surface area contributed by atoms with Crippen molar-refractivity contribution < 1.29 is 0 Å². The molecule has 2 atom stereocenters. The Bertz CT molecular complexity index is 281. The van der Waals surface area contributed by atoms with Gasteiger partial charge in [-0.3, -0.25) is 0 Å². The smallest absolute Gasteiger partial charge is 0.0198 e. The number of rotatable bonds is 6. The first-order valence-corrected chi connectivity index (χ1v) is 9.29. The maximum Gasteiger partial charge on any atom is 0.0198 e. The van der Waals surface area contributed by atoms with Gasteiger partial charge in [-0.15, -0.1) is 0 Å². The second kappa shape index (κ2) is 7.26. The minimum Gasteiger partial charge on any atom is -0.312 e. The molecule has 2 heteroatoms. The topological polar surface area (TPSA) is 15.3 Å².